The van der Waals surface area contributed by atoms with E-state index in [9.17, 15) is 0 Å². The standard InChI is InChI=1S/C12H23N3/c1-14-10-2-3-11(14)8-15(5-4-10)12-6-9(13)7-12/h9-12H,2-8,13H2,1H3. The minimum absolute atomic E-state index is 0.494. The topological polar surface area (TPSA) is 32.5 Å². The van der Waals surface area contributed by atoms with Gasteiger partial charge < -0.3 is 5.73 Å². The first-order valence-corrected chi connectivity index (χ1v) is 6.45. The second-order valence-electron chi connectivity index (χ2n) is 5.72. The van der Waals surface area contributed by atoms with Crippen molar-refractivity contribution in [3.05, 3.63) is 0 Å². The van der Waals surface area contributed by atoms with Gasteiger partial charge in [0, 0.05) is 30.7 Å². The Balaban J connectivity index is 1.63. The van der Waals surface area contributed by atoms with Gasteiger partial charge in [-0.15, -0.1) is 0 Å². The Hall–Kier alpha value is -0.120. The predicted molar refractivity (Wildman–Crippen MR) is 61.8 cm³/mol. The van der Waals surface area contributed by atoms with E-state index in [0.29, 0.717) is 6.04 Å². The lowest BCUT2D eigenvalue weighted by atomic mass is 9.85. The molecule has 0 spiro atoms. The summed E-state index contributed by atoms with van der Waals surface area (Å²) in [6.07, 6.45) is 6.69. The maximum atomic E-state index is 5.88. The van der Waals surface area contributed by atoms with Crippen molar-refractivity contribution in [3.8, 4) is 0 Å². The summed E-state index contributed by atoms with van der Waals surface area (Å²) in [5.41, 5.74) is 5.88. The Bertz CT molecular complexity index is 237. The first-order valence-electron chi connectivity index (χ1n) is 6.45. The van der Waals surface area contributed by atoms with Gasteiger partial charge in [-0.1, -0.05) is 0 Å². The SMILES string of the molecule is CN1C2CCC1CN(C1CC(N)C1)CC2. The van der Waals surface area contributed by atoms with E-state index in [1.165, 1.54) is 45.2 Å². The van der Waals surface area contributed by atoms with Crippen molar-refractivity contribution in [2.75, 3.05) is 20.1 Å². The lowest BCUT2D eigenvalue weighted by Crippen LogP contribution is -2.52. The van der Waals surface area contributed by atoms with Crippen LogP contribution in [-0.2, 0) is 0 Å². The van der Waals surface area contributed by atoms with Gasteiger partial charge in [-0.25, -0.2) is 0 Å². The molecule has 86 valence electrons. The van der Waals surface area contributed by atoms with Crippen molar-refractivity contribution in [3.63, 3.8) is 0 Å². The number of likely N-dealkylation sites (tertiary alicyclic amines) is 1. The smallest absolute Gasteiger partial charge is 0.0223 e. The average Bonchev–Trinajstić information content (AvgIpc) is 2.37. The molecule has 2 N–H and O–H groups in total. The molecule has 3 heteroatoms. The number of nitrogens with zero attached hydrogens (tertiary/aromatic N) is 2. The third-order valence-electron chi connectivity index (χ3n) is 4.85. The number of hydrogen-bond acceptors (Lipinski definition) is 3. The van der Waals surface area contributed by atoms with Gasteiger partial charge >= 0.3 is 0 Å². The quantitative estimate of drug-likeness (QED) is 0.688. The van der Waals surface area contributed by atoms with E-state index in [2.05, 4.69) is 16.8 Å². The largest absolute Gasteiger partial charge is 0.328 e. The van der Waals surface area contributed by atoms with Crippen LogP contribution in [0.25, 0.3) is 0 Å². The first-order chi connectivity index (χ1) is 7.24. The maximum absolute atomic E-state index is 5.88. The van der Waals surface area contributed by atoms with E-state index in [1.807, 2.05) is 0 Å². The van der Waals surface area contributed by atoms with Crippen LogP contribution in [0, 0.1) is 0 Å². The van der Waals surface area contributed by atoms with Crippen LogP contribution in [0.2, 0.25) is 0 Å². The summed E-state index contributed by atoms with van der Waals surface area (Å²) in [5, 5.41) is 0. The Morgan fingerprint density at radius 2 is 1.73 bits per heavy atom. The molecule has 15 heavy (non-hydrogen) atoms. The number of likely N-dealkylation sites (N-methyl/N-ethyl adjacent to an activating group) is 1. The van der Waals surface area contributed by atoms with Crippen LogP contribution < -0.4 is 5.73 Å². The minimum Gasteiger partial charge on any atom is -0.328 e. The molecule has 0 aromatic heterocycles. The van der Waals surface area contributed by atoms with E-state index >= 15 is 0 Å². The van der Waals surface area contributed by atoms with E-state index in [-0.39, 0.29) is 0 Å². The molecule has 2 saturated heterocycles. The van der Waals surface area contributed by atoms with Gasteiger partial charge in [-0.3, -0.25) is 9.80 Å². The third-order valence-corrected chi connectivity index (χ3v) is 4.85. The molecule has 0 aromatic rings. The molecule has 1 aliphatic carbocycles. The van der Waals surface area contributed by atoms with Crippen molar-refractivity contribution >= 4 is 0 Å². The molecule has 0 radical (unpaired) electrons. The highest BCUT2D eigenvalue weighted by Gasteiger charge is 2.39. The van der Waals surface area contributed by atoms with Crippen LogP contribution in [0.4, 0.5) is 0 Å². The van der Waals surface area contributed by atoms with Gasteiger partial charge in [0.2, 0.25) is 0 Å². The fraction of sp³-hybridized carbons (Fsp3) is 1.00. The summed E-state index contributed by atoms with van der Waals surface area (Å²) < 4.78 is 0. The van der Waals surface area contributed by atoms with E-state index in [1.54, 1.807) is 0 Å². The van der Waals surface area contributed by atoms with Crippen molar-refractivity contribution in [2.24, 2.45) is 5.73 Å². The molecule has 3 fully saturated rings. The summed E-state index contributed by atoms with van der Waals surface area (Å²) in [6, 6.07) is 3.00. The van der Waals surface area contributed by atoms with Gasteiger partial charge in [-0.2, -0.15) is 0 Å². The van der Waals surface area contributed by atoms with Gasteiger partial charge in [0.15, 0.2) is 0 Å². The zero-order valence-corrected chi connectivity index (χ0v) is 9.73. The van der Waals surface area contributed by atoms with Crippen LogP contribution in [0.3, 0.4) is 0 Å². The van der Waals surface area contributed by atoms with Gasteiger partial charge in [0.05, 0.1) is 0 Å². The molecular formula is C12H23N3. The van der Waals surface area contributed by atoms with Crippen molar-refractivity contribution in [2.45, 2.75) is 56.3 Å². The normalized spacial score (nSPS) is 47.6. The van der Waals surface area contributed by atoms with Crippen LogP contribution in [0.15, 0.2) is 0 Å². The molecule has 2 atom stereocenters. The maximum Gasteiger partial charge on any atom is 0.0223 e. The summed E-state index contributed by atoms with van der Waals surface area (Å²) >= 11 is 0. The molecule has 3 nitrogen and oxygen atoms in total. The predicted octanol–water partition coefficient (Wildman–Crippen LogP) is 0.645. The molecule has 0 aromatic carbocycles. The molecule has 3 aliphatic rings. The molecule has 2 aliphatic heterocycles. The Morgan fingerprint density at radius 1 is 1.00 bits per heavy atom. The molecule has 3 rings (SSSR count). The van der Waals surface area contributed by atoms with Crippen LogP contribution in [0.5, 0.6) is 0 Å². The Kier molecular flexibility index (Phi) is 2.49. The highest BCUT2D eigenvalue weighted by Crippen LogP contribution is 2.32. The highest BCUT2D eigenvalue weighted by molar-refractivity contribution is 4.96. The lowest BCUT2D eigenvalue weighted by Gasteiger charge is -2.42. The third kappa shape index (κ3) is 1.71. The van der Waals surface area contributed by atoms with Crippen LogP contribution in [-0.4, -0.2) is 54.1 Å². The number of rotatable bonds is 1. The van der Waals surface area contributed by atoms with Gasteiger partial charge in [0.1, 0.15) is 0 Å². The summed E-state index contributed by atoms with van der Waals surface area (Å²) in [5.74, 6) is 0. The highest BCUT2D eigenvalue weighted by atomic mass is 15.3. The summed E-state index contributed by atoms with van der Waals surface area (Å²) in [6.45, 7) is 2.60. The monoisotopic (exact) mass is 209 g/mol. The van der Waals surface area contributed by atoms with E-state index in [4.69, 9.17) is 5.73 Å². The first kappa shape index (κ1) is 10.1. The number of nitrogens with two attached hydrogens (primary N) is 1. The summed E-state index contributed by atoms with van der Waals surface area (Å²) in [4.78, 5) is 5.34. The van der Waals surface area contributed by atoms with Crippen molar-refractivity contribution < 1.29 is 0 Å². The molecule has 0 amide bonds. The fourth-order valence-electron chi connectivity index (χ4n) is 3.59. The molecule has 2 heterocycles. The van der Waals surface area contributed by atoms with Crippen molar-refractivity contribution in [1.29, 1.82) is 0 Å². The molecule has 2 bridgehead atoms. The molecule has 2 unspecified atom stereocenters. The van der Waals surface area contributed by atoms with Crippen molar-refractivity contribution in [1.82, 2.24) is 9.80 Å². The van der Waals surface area contributed by atoms with E-state index in [0.717, 1.165) is 18.1 Å². The molecule has 1 saturated carbocycles. The zero-order chi connectivity index (χ0) is 10.4. The Morgan fingerprint density at radius 3 is 2.47 bits per heavy atom. The zero-order valence-electron chi connectivity index (χ0n) is 9.73. The Labute approximate surface area is 92.6 Å². The van der Waals surface area contributed by atoms with Gasteiger partial charge in [-0.05, 0) is 45.7 Å². The second-order valence-corrected chi connectivity index (χ2v) is 5.72. The van der Waals surface area contributed by atoms with E-state index < -0.39 is 0 Å². The minimum atomic E-state index is 0.494. The summed E-state index contributed by atoms with van der Waals surface area (Å²) in [7, 11) is 2.32. The lowest BCUT2D eigenvalue weighted by molar-refractivity contribution is 0.0995. The number of fused-ring (bicyclic) bond motifs is 2. The fourth-order valence-corrected chi connectivity index (χ4v) is 3.59. The molecular weight excluding hydrogens is 186 g/mol. The second kappa shape index (κ2) is 3.72. The average molecular weight is 209 g/mol. The van der Waals surface area contributed by atoms with Crippen LogP contribution >= 0.6 is 0 Å². The van der Waals surface area contributed by atoms with Gasteiger partial charge in [0.25, 0.3) is 0 Å². The van der Waals surface area contributed by atoms with Crippen LogP contribution in [0.1, 0.15) is 32.1 Å². The number of hydrogen-bond donors (Lipinski definition) is 1.